The average Bonchev–Trinajstić information content (AvgIpc) is 3.19. The molecule has 3 rings (SSSR count). The number of hydrogen-bond acceptors (Lipinski definition) is 5. The molecule has 2 aromatic carbocycles. The van der Waals surface area contributed by atoms with Gasteiger partial charge in [0.1, 0.15) is 0 Å². The predicted octanol–water partition coefficient (Wildman–Crippen LogP) is 3.73. The molecular weight excluding hydrogens is 384 g/mol. The Balaban J connectivity index is 1.68. The van der Waals surface area contributed by atoms with Crippen molar-refractivity contribution in [2.75, 3.05) is 26.0 Å². The Morgan fingerprint density at radius 1 is 1.07 bits per heavy atom. The molecule has 1 aromatic heterocycles. The number of thioether (sulfide) groups is 1. The molecule has 7 heteroatoms. The fourth-order valence-electron chi connectivity index (χ4n) is 3.00. The number of methoxy groups -OCH3 is 1. The minimum absolute atomic E-state index is 0.0582. The summed E-state index contributed by atoms with van der Waals surface area (Å²) in [4.78, 5) is 14.7. The van der Waals surface area contributed by atoms with E-state index in [4.69, 9.17) is 4.74 Å². The van der Waals surface area contributed by atoms with Crippen molar-refractivity contribution in [1.82, 2.24) is 19.7 Å². The van der Waals surface area contributed by atoms with E-state index in [1.165, 1.54) is 11.8 Å². The molecule has 0 radical (unpaired) electrons. The zero-order chi connectivity index (χ0) is 20.5. The van der Waals surface area contributed by atoms with E-state index >= 15 is 0 Å². The summed E-state index contributed by atoms with van der Waals surface area (Å²) in [7, 11) is 1.65. The van der Waals surface area contributed by atoms with E-state index in [9.17, 15) is 4.79 Å². The Bertz CT molecular complexity index is 900. The van der Waals surface area contributed by atoms with Crippen LogP contribution in [0.15, 0.2) is 65.8 Å². The van der Waals surface area contributed by atoms with E-state index in [-0.39, 0.29) is 5.91 Å². The standard InChI is InChI=1S/C22H26N4O2S/c1-3-26-21(19-12-8-5-9-13-19)23-24-22(26)29-17-20(27)25(14-15-28-2)16-18-10-6-4-7-11-18/h4-13H,3,14-17H2,1-2H3. The molecule has 6 nitrogen and oxygen atoms in total. The SMILES string of the molecule is CCn1c(SCC(=O)N(CCOC)Cc2ccccc2)nnc1-c1ccccc1. The van der Waals surface area contributed by atoms with Crippen LogP contribution in [0.4, 0.5) is 0 Å². The van der Waals surface area contributed by atoms with Crippen LogP contribution in [0.3, 0.4) is 0 Å². The number of hydrogen-bond donors (Lipinski definition) is 0. The number of aromatic nitrogens is 3. The van der Waals surface area contributed by atoms with Crippen molar-refractivity contribution >= 4 is 17.7 Å². The first kappa shape index (κ1) is 21.1. The van der Waals surface area contributed by atoms with Crippen LogP contribution in [0.25, 0.3) is 11.4 Å². The van der Waals surface area contributed by atoms with Crippen molar-refractivity contribution in [3.05, 3.63) is 66.2 Å². The normalized spacial score (nSPS) is 10.8. The zero-order valence-electron chi connectivity index (χ0n) is 16.8. The summed E-state index contributed by atoms with van der Waals surface area (Å²) >= 11 is 1.42. The number of carbonyl (C=O) groups excluding carboxylic acids is 1. The highest BCUT2D eigenvalue weighted by Gasteiger charge is 2.18. The molecule has 0 spiro atoms. The molecule has 0 unspecified atom stereocenters. The first-order valence-corrected chi connectivity index (χ1v) is 10.6. The van der Waals surface area contributed by atoms with Crippen LogP contribution >= 0.6 is 11.8 Å². The van der Waals surface area contributed by atoms with Gasteiger partial charge in [-0.15, -0.1) is 10.2 Å². The van der Waals surface area contributed by atoms with Crippen LogP contribution in [0.2, 0.25) is 0 Å². The van der Waals surface area contributed by atoms with Gasteiger partial charge in [-0.3, -0.25) is 4.79 Å². The van der Waals surface area contributed by atoms with E-state index in [2.05, 4.69) is 17.1 Å². The van der Waals surface area contributed by atoms with Gasteiger partial charge in [-0.2, -0.15) is 0 Å². The second-order valence-electron chi connectivity index (χ2n) is 6.50. The van der Waals surface area contributed by atoms with E-state index < -0.39 is 0 Å². The van der Waals surface area contributed by atoms with Gasteiger partial charge in [-0.1, -0.05) is 72.4 Å². The summed E-state index contributed by atoms with van der Waals surface area (Å²) in [6, 6.07) is 20.0. The summed E-state index contributed by atoms with van der Waals surface area (Å²) in [5.74, 6) is 1.19. The minimum Gasteiger partial charge on any atom is -0.383 e. The molecule has 0 aliphatic carbocycles. The van der Waals surface area contributed by atoms with Gasteiger partial charge in [-0.05, 0) is 12.5 Å². The fraction of sp³-hybridized carbons (Fsp3) is 0.318. The van der Waals surface area contributed by atoms with Gasteiger partial charge in [0.15, 0.2) is 11.0 Å². The highest BCUT2D eigenvalue weighted by molar-refractivity contribution is 7.99. The highest BCUT2D eigenvalue weighted by atomic mass is 32.2. The Labute approximate surface area is 175 Å². The zero-order valence-corrected chi connectivity index (χ0v) is 17.6. The van der Waals surface area contributed by atoms with Gasteiger partial charge in [0.2, 0.25) is 5.91 Å². The van der Waals surface area contributed by atoms with E-state index in [0.717, 1.165) is 28.7 Å². The molecule has 1 heterocycles. The average molecular weight is 411 g/mol. The maximum Gasteiger partial charge on any atom is 0.233 e. The van der Waals surface area contributed by atoms with Crippen molar-refractivity contribution in [2.24, 2.45) is 0 Å². The largest absolute Gasteiger partial charge is 0.383 e. The fourth-order valence-corrected chi connectivity index (χ4v) is 3.90. The quantitative estimate of drug-likeness (QED) is 0.477. The Hall–Kier alpha value is -2.64. The van der Waals surface area contributed by atoms with Crippen LogP contribution in [-0.2, 0) is 22.6 Å². The Kier molecular flexibility index (Phi) is 7.84. The number of carbonyl (C=O) groups is 1. The van der Waals surface area contributed by atoms with Gasteiger partial charge in [-0.25, -0.2) is 0 Å². The monoisotopic (exact) mass is 410 g/mol. The van der Waals surface area contributed by atoms with Gasteiger partial charge < -0.3 is 14.2 Å². The molecule has 0 aliphatic heterocycles. The minimum atomic E-state index is 0.0582. The van der Waals surface area contributed by atoms with E-state index in [1.54, 1.807) is 7.11 Å². The second kappa shape index (κ2) is 10.8. The molecule has 0 fully saturated rings. The van der Waals surface area contributed by atoms with Gasteiger partial charge >= 0.3 is 0 Å². The van der Waals surface area contributed by atoms with Crippen molar-refractivity contribution < 1.29 is 9.53 Å². The molecule has 0 atom stereocenters. The third-order valence-corrected chi connectivity index (χ3v) is 5.48. The van der Waals surface area contributed by atoms with Crippen LogP contribution < -0.4 is 0 Å². The third-order valence-electron chi connectivity index (χ3n) is 4.52. The number of ether oxygens (including phenoxy) is 1. The molecule has 152 valence electrons. The molecule has 0 N–H and O–H groups in total. The number of benzene rings is 2. The van der Waals surface area contributed by atoms with E-state index in [0.29, 0.717) is 25.4 Å². The maximum absolute atomic E-state index is 12.9. The number of amides is 1. The molecule has 0 saturated heterocycles. The number of nitrogens with zero attached hydrogens (tertiary/aromatic N) is 4. The highest BCUT2D eigenvalue weighted by Crippen LogP contribution is 2.24. The molecule has 0 saturated carbocycles. The molecule has 0 aliphatic rings. The summed E-state index contributed by atoms with van der Waals surface area (Å²) in [6.07, 6.45) is 0. The van der Waals surface area contributed by atoms with Crippen molar-refractivity contribution in [1.29, 1.82) is 0 Å². The van der Waals surface area contributed by atoms with Crippen LogP contribution in [0.1, 0.15) is 12.5 Å². The summed E-state index contributed by atoms with van der Waals surface area (Å²) in [6.45, 7) is 4.43. The molecular formula is C22H26N4O2S. The lowest BCUT2D eigenvalue weighted by molar-refractivity contribution is -0.129. The maximum atomic E-state index is 12.9. The smallest absolute Gasteiger partial charge is 0.233 e. The van der Waals surface area contributed by atoms with Crippen molar-refractivity contribution in [3.8, 4) is 11.4 Å². The van der Waals surface area contributed by atoms with Crippen molar-refractivity contribution in [2.45, 2.75) is 25.2 Å². The van der Waals surface area contributed by atoms with Crippen molar-refractivity contribution in [3.63, 3.8) is 0 Å². The van der Waals surface area contributed by atoms with Crippen LogP contribution in [-0.4, -0.2) is 51.6 Å². The molecule has 1 amide bonds. The Morgan fingerprint density at radius 2 is 1.76 bits per heavy atom. The topological polar surface area (TPSA) is 60.2 Å². The third kappa shape index (κ3) is 5.68. The van der Waals surface area contributed by atoms with E-state index in [1.807, 2.05) is 70.1 Å². The summed E-state index contributed by atoms with van der Waals surface area (Å²) in [5, 5.41) is 9.42. The summed E-state index contributed by atoms with van der Waals surface area (Å²) < 4.78 is 7.23. The Morgan fingerprint density at radius 3 is 2.41 bits per heavy atom. The lowest BCUT2D eigenvalue weighted by Gasteiger charge is -2.22. The first-order chi connectivity index (χ1) is 14.2. The number of rotatable bonds is 10. The van der Waals surface area contributed by atoms with Crippen LogP contribution in [0.5, 0.6) is 0 Å². The molecule has 29 heavy (non-hydrogen) atoms. The van der Waals surface area contributed by atoms with Gasteiger partial charge in [0, 0.05) is 32.3 Å². The second-order valence-corrected chi connectivity index (χ2v) is 7.44. The van der Waals surface area contributed by atoms with Gasteiger partial charge in [0.05, 0.1) is 12.4 Å². The lowest BCUT2D eigenvalue weighted by Crippen LogP contribution is -2.34. The predicted molar refractivity (Wildman–Crippen MR) is 116 cm³/mol. The first-order valence-electron chi connectivity index (χ1n) is 9.65. The summed E-state index contributed by atoms with van der Waals surface area (Å²) in [5.41, 5.74) is 2.12. The lowest BCUT2D eigenvalue weighted by atomic mass is 10.2. The molecule has 3 aromatic rings. The van der Waals surface area contributed by atoms with Crippen LogP contribution in [0, 0.1) is 0 Å². The van der Waals surface area contributed by atoms with Gasteiger partial charge in [0.25, 0.3) is 0 Å². The molecule has 0 bridgehead atoms.